The second-order valence-corrected chi connectivity index (χ2v) is 6.89. The maximum absolute atomic E-state index is 10.3. The van der Waals surface area contributed by atoms with Crippen LogP contribution in [-0.4, -0.2) is 19.1 Å². The Hall–Kier alpha value is 2.09. The van der Waals surface area contributed by atoms with Crippen LogP contribution >= 0.6 is 23.2 Å². The minimum atomic E-state index is -4.24. The van der Waals surface area contributed by atoms with Gasteiger partial charge in [0, 0.05) is 16.5 Å². The molecule has 0 N–H and O–H groups in total. The Morgan fingerprint density at radius 1 is 1.18 bits per heavy atom. The van der Waals surface area contributed by atoms with Gasteiger partial charge in [0.15, 0.2) is 5.75 Å². The van der Waals surface area contributed by atoms with Crippen molar-refractivity contribution in [3.05, 3.63) is 33.8 Å². The second-order valence-electron chi connectivity index (χ2n) is 2.68. The van der Waals surface area contributed by atoms with Gasteiger partial charge in [0.05, 0.1) is 9.05 Å². The maximum Gasteiger partial charge on any atom is 1.00 e. The summed E-state index contributed by atoms with van der Waals surface area (Å²) >= 11 is 11.7. The molecule has 0 bridgehead atoms. The zero-order valence-corrected chi connectivity index (χ0v) is 16.6. The van der Waals surface area contributed by atoms with Crippen molar-refractivity contribution in [2.45, 2.75) is 6.42 Å². The summed E-state index contributed by atoms with van der Waals surface area (Å²) in [6, 6.07) is 5.03. The molecule has 0 aliphatic rings. The summed E-state index contributed by atoms with van der Waals surface area (Å²) in [4.78, 5) is 0. The van der Waals surface area contributed by atoms with E-state index in [9.17, 15) is 13.3 Å². The van der Waals surface area contributed by atoms with Crippen LogP contribution in [0.25, 0.3) is 0 Å². The predicted molar refractivity (Wildman–Crippen MR) is 62.1 cm³/mol. The molecule has 0 aromatic heterocycles. The van der Waals surface area contributed by atoms with E-state index in [4.69, 9.17) is 23.2 Å². The van der Waals surface area contributed by atoms with Gasteiger partial charge in [-0.05, 0) is 17.7 Å². The Morgan fingerprint density at radius 2 is 1.65 bits per heavy atom. The molecule has 1 aromatic rings. The molecule has 3 nitrogen and oxygen atoms in total. The molecular weight excluding hydrogens is 325 g/mol. The first-order chi connectivity index (χ1) is 6.90. The largest absolute Gasteiger partial charge is 1.00 e. The average molecular weight is 332 g/mol. The summed E-state index contributed by atoms with van der Waals surface area (Å²) in [7, 11) is -3.89. The third-order valence-corrected chi connectivity index (χ3v) is 4.38. The Balaban J connectivity index is 0. The molecule has 0 saturated carbocycles. The zero-order chi connectivity index (χ0) is 11.5. The van der Waals surface area contributed by atoms with Crippen LogP contribution in [0, 0.1) is 0 Å². The predicted octanol–water partition coefficient (Wildman–Crippen LogP) is -3.91. The van der Waals surface area contributed by atoms with E-state index in [0.29, 0.717) is 32.4 Å². The van der Waals surface area contributed by atoms with Gasteiger partial charge < -0.3 is 9.11 Å². The molecule has 0 saturated heterocycles. The average Bonchev–Trinajstić information content (AvgIpc) is 2.08. The van der Waals surface area contributed by atoms with Crippen LogP contribution in [-0.2, 0) is 25.8 Å². The van der Waals surface area contributed by atoms with E-state index in [1.165, 1.54) is 0 Å². The van der Waals surface area contributed by atoms with Gasteiger partial charge >= 0.3 is 59.1 Å². The molecule has 0 amide bonds. The molecule has 0 radical (unpaired) electrons. The fourth-order valence-corrected chi connectivity index (χ4v) is 2.96. The van der Waals surface area contributed by atoms with Crippen LogP contribution in [0.4, 0.5) is 0 Å². The Labute approximate surface area is 159 Å². The fraction of sp³-hybridized carbons (Fsp3) is 0.250. The summed E-state index contributed by atoms with van der Waals surface area (Å²) in [5.41, 5.74) is 0.664. The van der Waals surface area contributed by atoms with Gasteiger partial charge in [-0.2, -0.15) is 0 Å². The molecule has 0 heterocycles. The van der Waals surface area contributed by atoms with E-state index in [1.54, 1.807) is 18.2 Å². The molecule has 1 aromatic carbocycles. The molecular formula is C8H7Cl2Na2O3S2+. The molecule has 17 heavy (non-hydrogen) atoms. The van der Waals surface area contributed by atoms with E-state index >= 15 is 0 Å². The Bertz CT molecular complexity index is 448. The Kier molecular flexibility index (Phi) is 12.5. The molecule has 0 aliphatic carbocycles. The molecule has 0 atom stereocenters. The number of rotatable bonds is 3. The van der Waals surface area contributed by atoms with Crippen molar-refractivity contribution < 1.29 is 72.4 Å². The summed E-state index contributed by atoms with van der Waals surface area (Å²) in [6.07, 6.45) is 0.352. The maximum atomic E-state index is 10.3. The third kappa shape index (κ3) is 8.78. The molecule has 1 rings (SSSR count). The molecule has 0 aliphatic heterocycles. The minimum Gasteiger partial charge on any atom is -0.746 e. The van der Waals surface area contributed by atoms with Crippen LogP contribution in [0.1, 0.15) is 5.56 Å². The molecule has 9 heteroatoms. The first kappa shape index (κ1) is 21.4. The van der Waals surface area contributed by atoms with Gasteiger partial charge in [-0.3, -0.25) is 0 Å². The summed E-state index contributed by atoms with van der Waals surface area (Å²) < 4.78 is 31.0. The second kappa shape index (κ2) is 9.91. The number of hydrogen-bond acceptors (Lipinski definition) is 3. The van der Waals surface area contributed by atoms with Crippen LogP contribution in [0.3, 0.4) is 0 Å². The van der Waals surface area contributed by atoms with Gasteiger partial charge in [0.1, 0.15) is 0 Å². The van der Waals surface area contributed by atoms with E-state index in [2.05, 4.69) is 0 Å². The topological polar surface area (TPSA) is 63.2 Å². The summed E-state index contributed by atoms with van der Waals surface area (Å²) in [5.74, 6) is 0.148. The van der Waals surface area contributed by atoms with Crippen molar-refractivity contribution in [3.8, 4) is 0 Å². The standard InChI is InChI=1S/C8H8Cl2O3S2.2Na/c9-7-2-1-3-8(10)6(7)4-5-14-15(11,12)13;;/h1-3H,4-5H2,(H-,11,12,13);;/q;2*+1/p-1. The summed E-state index contributed by atoms with van der Waals surface area (Å²) in [6.45, 7) is 0. The van der Waals surface area contributed by atoms with Crippen molar-refractivity contribution in [3.63, 3.8) is 0 Å². The van der Waals surface area contributed by atoms with Gasteiger partial charge in [0.25, 0.3) is 0 Å². The Morgan fingerprint density at radius 3 is 2.06 bits per heavy atom. The first-order valence-corrected chi connectivity index (χ1v) is 7.60. The fourth-order valence-electron chi connectivity index (χ4n) is 1.02. The van der Waals surface area contributed by atoms with E-state index in [-0.39, 0.29) is 64.9 Å². The van der Waals surface area contributed by atoms with Crippen molar-refractivity contribution in [2.24, 2.45) is 0 Å². The van der Waals surface area contributed by atoms with Gasteiger partial charge in [0.2, 0.25) is 10.3 Å². The van der Waals surface area contributed by atoms with Crippen molar-refractivity contribution in [1.29, 1.82) is 0 Å². The van der Waals surface area contributed by atoms with Gasteiger partial charge in [-0.1, -0.05) is 29.3 Å². The van der Waals surface area contributed by atoms with Crippen molar-refractivity contribution >= 4 is 42.6 Å². The van der Waals surface area contributed by atoms with Crippen LogP contribution in [0.5, 0.6) is 0 Å². The monoisotopic (exact) mass is 331 g/mol. The smallest absolute Gasteiger partial charge is 0.746 e. The zero-order valence-electron chi connectivity index (χ0n) is 9.44. The van der Waals surface area contributed by atoms with Crippen LogP contribution < -0.4 is 59.1 Å². The number of halogens is 2. The summed E-state index contributed by atoms with van der Waals surface area (Å²) in [5, 5.41) is 0.956. The normalized spacial score (nSPS) is 10.1. The van der Waals surface area contributed by atoms with Crippen LogP contribution in [0.15, 0.2) is 18.2 Å². The quantitative estimate of drug-likeness (QED) is 0.420. The molecule has 0 spiro atoms. The van der Waals surface area contributed by atoms with Crippen LogP contribution in [0.2, 0.25) is 10.0 Å². The van der Waals surface area contributed by atoms with Gasteiger partial charge in [-0.25, -0.2) is 4.21 Å². The first-order valence-electron chi connectivity index (χ1n) is 3.93. The number of hydrogen-bond donors (Lipinski definition) is 0. The number of benzene rings is 1. The van der Waals surface area contributed by atoms with E-state index < -0.39 is 9.05 Å². The third-order valence-electron chi connectivity index (χ3n) is 1.64. The molecule has 84 valence electrons. The van der Waals surface area contributed by atoms with Crippen molar-refractivity contribution in [2.75, 3.05) is 5.75 Å². The SMILES string of the molecule is O=S([O-])([O-])=[S+]CCc1c(Cl)cccc1Cl.[Na+].[Na+]. The molecule has 0 unspecified atom stereocenters. The van der Waals surface area contributed by atoms with E-state index in [0.717, 1.165) is 0 Å². The van der Waals surface area contributed by atoms with Crippen molar-refractivity contribution in [1.82, 2.24) is 0 Å². The van der Waals surface area contributed by atoms with E-state index in [1.807, 2.05) is 0 Å². The minimum absolute atomic E-state index is 0. The van der Waals surface area contributed by atoms with Gasteiger partial charge in [-0.15, -0.1) is 0 Å². The molecule has 0 fully saturated rings.